The Balaban J connectivity index is 1.79. The van der Waals surface area contributed by atoms with Crippen LogP contribution in [-0.2, 0) is 0 Å². The Morgan fingerprint density at radius 3 is 2.80 bits per heavy atom. The summed E-state index contributed by atoms with van der Waals surface area (Å²) < 4.78 is 0. The monoisotopic (exact) mass is 275 g/mol. The van der Waals surface area contributed by atoms with E-state index < -0.39 is 0 Å². The number of aliphatic hydroxyl groups excluding tert-OH is 1. The standard InChI is InChI=1S/C12H22BrNO/c13-9-12(5-6-12)10-14-7-1-3-11(14)4-2-8-15/h11,15H,1-10H2. The molecule has 2 rings (SSSR count). The second-order valence-electron chi connectivity index (χ2n) is 5.27. The smallest absolute Gasteiger partial charge is 0.0431 e. The van der Waals surface area contributed by atoms with E-state index in [1.54, 1.807) is 0 Å². The molecule has 1 atom stereocenters. The van der Waals surface area contributed by atoms with Gasteiger partial charge in [0.1, 0.15) is 0 Å². The van der Waals surface area contributed by atoms with Gasteiger partial charge >= 0.3 is 0 Å². The maximum absolute atomic E-state index is 8.88. The predicted molar refractivity (Wildman–Crippen MR) is 66.4 cm³/mol. The third kappa shape index (κ3) is 2.95. The van der Waals surface area contributed by atoms with Gasteiger partial charge in [-0.3, -0.25) is 4.90 Å². The SMILES string of the molecule is OCCCC1CCCN1CC1(CBr)CC1. The maximum Gasteiger partial charge on any atom is 0.0431 e. The minimum Gasteiger partial charge on any atom is -0.396 e. The molecule has 1 unspecified atom stereocenters. The van der Waals surface area contributed by atoms with E-state index in [9.17, 15) is 0 Å². The van der Waals surface area contributed by atoms with Crippen LogP contribution in [0.5, 0.6) is 0 Å². The molecule has 15 heavy (non-hydrogen) atoms. The Bertz CT molecular complexity index is 206. The lowest BCUT2D eigenvalue weighted by molar-refractivity contribution is 0.190. The van der Waals surface area contributed by atoms with Crippen LogP contribution in [0.1, 0.15) is 38.5 Å². The van der Waals surface area contributed by atoms with Gasteiger partial charge in [-0.1, -0.05) is 15.9 Å². The van der Waals surface area contributed by atoms with E-state index >= 15 is 0 Å². The van der Waals surface area contributed by atoms with Crippen LogP contribution >= 0.6 is 15.9 Å². The molecule has 2 nitrogen and oxygen atoms in total. The molecule has 2 fully saturated rings. The van der Waals surface area contributed by atoms with E-state index in [-0.39, 0.29) is 0 Å². The summed E-state index contributed by atoms with van der Waals surface area (Å²) in [6.07, 6.45) is 7.67. The van der Waals surface area contributed by atoms with Gasteiger partial charge in [-0.2, -0.15) is 0 Å². The van der Waals surface area contributed by atoms with Crippen molar-refractivity contribution in [2.45, 2.75) is 44.6 Å². The van der Waals surface area contributed by atoms with Crippen LogP contribution < -0.4 is 0 Å². The van der Waals surface area contributed by atoms with Gasteiger partial charge in [-0.25, -0.2) is 0 Å². The summed E-state index contributed by atoms with van der Waals surface area (Å²) in [5.41, 5.74) is 0.613. The number of aliphatic hydroxyl groups is 1. The molecule has 1 aliphatic heterocycles. The number of hydrogen-bond donors (Lipinski definition) is 1. The summed E-state index contributed by atoms with van der Waals surface area (Å²) in [5, 5.41) is 10.0. The van der Waals surface area contributed by atoms with Crippen molar-refractivity contribution >= 4 is 15.9 Å². The highest BCUT2D eigenvalue weighted by molar-refractivity contribution is 9.09. The van der Waals surface area contributed by atoms with Gasteiger partial charge in [0.2, 0.25) is 0 Å². The first-order valence-corrected chi connectivity index (χ1v) is 7.33. The second-order valence-corrected chi connectivity index (χ2v) is 5.83. The molecular formula is C12H22BrNO. The van der Waals surface area contributed by atoms with Crippen molar-refractivity contribution in [1.82, 2.24) is 4.90 Å². The van der Waals surface area contributed by atoms with Gasteiger partial charge < -0.3 is 5.11 Å². The first kappa shape index (κ1) is 11.9. The average Bonchev–Trinajstić information content (AvgIpc) is 2.89. The van der Waals surface area contributed by atoms with Crippen LogP contribution in [0.4, 0.5) is 0 Å². The van der Waals surface area contributed by atoms with E-state index in [1.165, 1.54) is 50.5 Å². The van der Waals surface area contributed by atoms with E-state index in [2.05, 4.69) is 20.8 Å². The van der Waals surface area contributed by atoms with Crippen LogP contribution in [0.15, 0.2) is 0 Å². The average molecular weight is 276 g/mol. The quantitative estimate of drug-likeness (QED) is 0.753. The molecule has 2 aliphatic rings. The molecule has 3 heteroatoms. The van der Waals surface area contributed by atoms with Crippen LogP contribution in [0.3, 0.4) is 0 Å². The topological polar surface area (TPSA) is 23.5 Å². The number of halogens is 1. The van der Waals surface area contributed by atoms with Crippen molar-refractivity contribution in [3.8, 4) is 0 Å². The molecule has 1 saturated carbocycles. The zero-order chi connectivity index (χ0) is 10.7. The maximum atomic E-state index is 8.88. The fraction of sp³-hybridized carbons (Fsp3) is 1.00. The summed E-state index contributed by atoms with van der Waals surface area (Å²) in [5.74, 6) is 0. The number of likely N-dealkylation sites (tertiary alicyclic amines) is 1. The lowest BCUT2D eigenvalue weighted by Gasteiger charge is -2.28. The van der Waals surface area contributed by atoms with Crippen molar-refractivity contribution in [2.75, 3.05) is 25.0 Å². The minimum absolute atomic E-state index is 0.355. The molecule has 0 aromatic heterocycles. The minimum atomic E-state index is 0.355. The molecule has 1 aliphatic carbocycles. The molecule has 0 aromatic rings. The van der Waals surface area contributed by atoms with E-state index in [1.807, 2.05) is 0 Å². The first-order chi connectivity index (χ1) is 7.29. The summed E-state index contributed by atoms with van der Waals surface area (Å²) >= 11 is 3.65. The summed E-state index contributed by atoms with van der Waals surface area (Å²) in [4.78, 5) is 2.67. The summed E-state index contributed by atoms with van der Waals surface area (Å²) in [6.45, 7) is 2.92. The van der Waals surface area contributed by atoms with Gasteiger partial charge in [0.25, 0.3) is 0 Å². The van der Waals surface area contributed by atoms with E-state index in [4.69, 9.17) is 5.11 Å². The molecule has 0 radical (unpaired) electrons. The lowest BCUT2D eigenvalue weighted by atomic mass is 10.1. The number of alkyl halides is 1. The first-order valence-electron chi connectivity index (χ1n) is 6.20. The Morgan fingerprint density at radius 1 is 1.40 bits per heavy atom. The van der Waals surface area contributed by atoms with Crippen LogP contribution in [-0.4, -0.2) is 41.1 Å². The summed E-state index contributed by atoms with van der Waals surface area (Å²) in [6, 6.07) is 0.758. The van der Waals surface area contributed by atoms with Gasteiger partial charge in [-0.15, -0.1) is 0 Å². The molecule has 0 amide bonds. The molecule has 88 valence electrons. The van der Waals surface area contributed by atoms with E-state index in [0.29, 0.717) is 12.0 Å². The predicted octanol–water partition coefficient (Wildman–Crippen LogP) is 2.40. The third-order valence-electron chi connectivity index (χ3n) is 3.97. The lowest BCUT2D eigenvalue weighted by Crippen LogP contribution is -2.35. The third-order valence-corrected chi connectivity index (χ3v) is 5.16. The zero-order valence-corrected chi connectivity index (χ0v) is 11.0. The van der Waals surface area contributed by atoms with E-state index in [0.717, 1.165) is 12.5 Å². The van der Waals surface area contributed by atoms with Gasteiger partial charge in [0.05, 0.1) is 0 Å². The van der Waals surface area contributed by atoms with Crippen molar-refractivity contribution in [1.29, 1.82) is 0 Å². The zero-order valence-electron chi connectivity index (χ0n) is 9.42. The Kier molecular flexibility index (Phi) is 4.08. The number of hydrogen-bond acceptors (Lipinski definition) is 2. The fourth-order valence-corrected chi connectivity index (χ4v) is 3.44. The van der Waals surface area contributed by atoms with Crippen molar-refractivity contribution in [3.05, 3.63) is 0 Å². The molecule has 1 heterocycles. The van der Waals surface area contributed by atoms with Crippen molar-refractivity contribution < 1.29 is 5.11 Å². The highest BCUT2D eigenvalue weighted by Crippen LogP contribution is 2.48. The molecule has 0 spiro atoms. The molecule has 1 saturated heterocycles. The summed E-state index contributed by atoms with van der Waals surface area (Å²) in [7, 11) is 0. The van der Waals surface area contributed by atoms with Gasteiger partial charge in [0.15, 0.2) is 0 Å². The molecular weight excluding hydrogens is 254 g/mol. The second kappa shape index (κ2) is 5.15. The largest absolute Gasteiger partial charge is 0.396 e. The van der Waals surface area contributed by atoms with Gasteiger partial charge in [0, 0.05) is 24.5 Å². The van der Waals surface area contributed by atoms with Crippen LogP contribution in [0.2, 0.25) is 0 Å². The Hall–Kier alpha value is 0.400. The molecule has 1 N–H and O–H groups in total. The van der Waals surface area contributed by atoms with Crippen molar-refractivity contribution in [3.63, 3.8) is 0 Å². The normalized spacial score (nSPS) is 29.6. The Labute approximate surface area is 101 Å². The Morgan fingerprint density at radius 2 is 2.20 bits per heavy atom. The molecule has 0 aromatic carbocycles. The highest BCUT2D eigenvalue weighted by Gasteiger charge is 2.44. The molecule has 0 bridgehead atoms. The fourth-order valence-electron chi connectivity index (χ4n) is 2.70. The number of nitrogens with zero attached hydrogens (tertiary/aromatic N) is 1. The number of rotatable bonds is 6. The van der Waals surface area contributed by atoms with Gasteiger partial charge in [-0.05, 0) is 50.5 Å². The van der Waals surface area contributed by atoms with Crippen LogP contribution in [0.25, 0.3) is 0 Å². The highest BCUT2D eigenvalue weighted by atomic mass is 79.9. The van der Waals surface area contributed by atoms with Crippen LogP contribution in [0, 0.1) is 5.41 Å². The van der Waals surface area contributed by atoms with Crippen molar-refractivity contribution in [2.24, 2.45) is 5.41 Å².